The summed E-state index contributed by atoms with van der Waals surface area (Å²) in [7, 11) is 0. The first-order valence-corrected chi connectivity index (χ1v) is 4.96. The number of hydrogen-bond acceptors (Lipinski definition) is 4. The molecule has 0 bridgehead atoms. The first kappa shape index (κ1) is 14.4. The van der Waals surface area contributed by atoms with Gasteiger partial charge in [0.25, 0.3) is 0 Å². The third-order valence-electron chi connectivity index (χ3n) is 2.57. The number of ether oxygens (including phenoxy) is 1. The zero-order valence-electron chi connectivity index (χ0n) is 9.52. The summed E-state index contributed by atoms with van der Waals surface area (Å²) in [5.74, 6) is -6.82. The van der Waals surface area contributed by atoms with Gasteiger partial charge in [0.15, 0.2) is 0 Å². The van der Waals surface area contributed by atoms with E-state index in [-0.39, 0.29) is 0 Å². The van der Waals surface area contributed by atoms with Gasteiger partial charge in [-0.15, -0.1) is 0 Å². The first-order valence-electron chi connectivity index (χ1n) is 4.96. The number of carboxylic acids is 2. The Bertz CT molecular complexity index is 278. The lowest BCUT2D eigenvalue weighted by Crippen LogP contribution is -2.39. The van der Waals surface area contributed by atoms with E-state index in [4.69, 9.17) is 14.9 Å². The van der Waals surface area contributed by atoms with E-state index in [0.717, 1.165) is 0 Å². The van der Waals surface area contributed by atoms with Gasteiger partial charge in [0.1, 0.15) is 5.60 Å². The Morgan fingerprint density at radius 1 is 1.12 bits per heavy atom. The van der Waals surface area contributed by atoms with Crippen LogP contribution in [0, 0.1) is 5.92 Å². The van der Waals surface area contributed by atoms with Crippen molar-refractivity contribution in [2.75, 3.05) is 0 Å². The average Bonchev–Trinajstić information content (AvgIpc) is 2.16. The third-order valence-corrected chi connectivity index (χ3v) is 2.57. The summed E-state index contributed by atoms with van der Waals surface area (Å²) in [5.41, 5.74) is -0.819. The van der Waals surface area contributed by atoms with Gasteiger partial charge in [-0.1, -0.05) is 13.8 Å². The van der Waals surface area contributed by atoms with Crippen LogP contribution < -0.4 is 0 Å². The molecule has 2 N–H and O–H groups in total. The highest BCUT2D eigenvalue weighted by Crippen LogP contribution is 2.21. The molecule has 92 valence electrons. The lowest BCUT2D eigenvalue weighted by atomic mass is 9.99. The molecule has 6 nitrogen and oxygen atoms in total. The van der Waals surface area contributed by atoms with Crippen molar-refractivity contribution in [2.45, 2.75) is 39.2 Å². The molecule has 0 aromatic rings. The number of aliphatic carboxylic acids is 2. The largest absolute Gasteiger partial charge is 0.480 e. The molecular formula is C10H16O6. The van der Waals surface area contributed by atoms with E-state index < -0.39 is 29.4 Å². The van der Waals surface area contributed by atoms with Gasteiger partial charge in [-0.25, -0.2) is 0 Å². The molecular weight excluding hydrogens is 216 g/mol. The van der Waals surface area contributed by atoms with E-state index in [2.05, 4.69) is 0 Å². The number of carbonyl (C=O) groups excluding carboxylic acids is 1. The zero-order chi connectivity index (χ0) is 12.9. The maximum absolute atomic E-state index is 11.4. The van der Waals surface area contributed by atoms with E-state index in [0.29, 0.717) is 12.8 Å². The van der Waals surface area contributed by atoms with Crippen LogP contribution in [0.3, 0.4) is 0 Å². The standard InChI is InChI=1S/C10H16O6/c1-4-10(3,5-2)16-9(15)6(7(11)12)8(13)14/h6H,4-5H2,1-3H3,(H,11,12)(H,13,14). The summed E-state index contributed by atoms with van der Waals surface area (Å²) in [5, 5.41) is 17.1. The Morgan fingerprint density at radius 2 is 1.50 bits per heavy atom. The van der Waals surface area contributed by atoms with E-state index in [9.17, 15) is 14.4 Å². The Morgan fingerprint density at radius 3 is 1.75 bits per heavy atom. The summed E-state index contributed by atoms with van der Waals surface area (Å²) in [4.78, 5) is 32.5. The molecule has 0 atom stereocenters. The second kappa shape index (κ2) is 5.48. The first-order chi connectivity index (χ1) is 7.27. The molecule has 0 aliphatic rings. The van der Waals surface area contributed by atoms with Gasteiger partial charge in [0.05, 0.1) is 0 Å². The van der Waals surface area contributed by atoms with Crippen LogP contribution in [0.5, 0.6) is 0 Å². The molecule has 0 aromatic carbocycles. The fourth-order valence-corrected chi connectivity index (χ4v) is 1.00. The van der Waals surface area contributed by atoms with Gasteiger partial charge >= 0.3 is 17.9 Å². The molecule has 0 aliphatic carbocycles. The lowest BCUT2D eigenvalue weighted by molar-refractivity contribution is -0.175. The molecule has 0 aromatic heterocycles. The van der Waals surface area contributed by atoms with Crippen molar-refractivity contribution < 1.29 is 29.3 Å². The molecule has 0 saturated heterocycles. The summed E-state index contributed by atoms with van der Waals surface area (Å²) in [6.07, 6.45) is 0.975. The van der Waals surface area contributed by atoms with Crippen molar-refractivity contribution in [1.29, 1.82) is 0 Å². The quantitative estimate of drug-likeness (QED) is 0.521. The number of esters is 1. The van der Waals surface area contributed by atoms with Crippen molar-refractivity contribution in [3.05, 3.63) is 0 Å². The van der Waals surface area contributed by atoms with Crippen molar-refractivity contribution in [3.63, 3.8) is 0 Å². The molecule has 0 aliphatic heterocycles. The Kier molecular flexibility index (Phi) is 4.94. The third kappa shape index (κ3) is 3.52. The minimum atomic E-state index is -2.16. The fraction of sp³-hybridized carbons (Fsp3) is 0.700. The topological polar surface area (TPSA) is 101 Å². The van der Waals surface area contributed by atoms with Gasteiger partial charge < -0.3 is 14.9 Å². The second-order valence-corrected chi connectivity index (χ2v) is 3.69. The molecule has 0 radical (unpaired) electrons. The van der Waals surface area contributed by atoms with E-state index in [1.807, 2.05) is 0 Å². The molecule has 0 rings (SSSR count). The van der Waals surface area contributed by atoms with Gasteiger partial charge in [0.2, 0.25) is 5.92 Å². The predicted octanol–water partition coefficient (Wildman–Crippen LogP) is 0.894. The van der Waals surface area contributed by atoms with Crippen LogP contribution in [0.15, 0.2) is 0 Å². The monoisotopic (exact) mass is 232 g/mol. The highest BCUT2D eigenvalue weighted by molar-refractivity contribution is 6.11. The number of carbonyl (C=O) groups is 3. The Labute approximate surface area is 93.2 Å². The van der Waals surface area contributed by atoms with Gasteiger partial charge in [-0.3, -0.25) is 14.4 Å². The highest BCUT2D eigenvalue weighted by Gasteiger charge is 2.39. The van der Waals surface area contributed by atoms with Gasteiger partial charge in [-0.05, 0) is 19.8 Å². The molecule has 0 fully saturated rings. The summed E-state index contributed by atoms with van der Waals surface area (Å²) >= 11 is 0. The van der Waals surface area contributed by atoms with Crippen LogP contribution in [-0.4, -0.2) is 33.7 Å². The molecule has 0 heterocycles. The average molecular weight is 232 g/mol. The Hall–Kier alpha value is -1.59. The van der Waals surface area contributed by atoms with Crippen LogP contribution in [0.25, 0.3) is 0 Å². The maximum Gasteiger partial charge on any atom is 0.332 e. The molecule has 0 amide bonds. The summed E-state index contributed by atoms with van der Waals surface area (Å²) in [6.45, 7) is 5.17. The molecule has 16 heavy (non-hydrogen) atoms. The molecule has 0 unspecified atom stereocenters. The normalized spacial score (nSPS) is 11.2. The van der Waals surface area contributed by atoms with Gasteiger partial charge in [-0.2, -0.15) is 0 Å². The zero-order valence-corrected chi connectivity index (χ0v) is 9.52. The molecule has 0 spiro atoms. The van der Waals surface area contributed by atoms with E-state index in [1.165, 1.54) is 0 Å². The second-order valence-electron chi connectivity index (χ2n) is 3.69. The van der Waals surface area contributed by atoms with Crippen molar-refractivity contribution in [1.82, 2.24) is 0 Å². The maximum atomic E-state index is 11.4. The highest BCUT2D eigenvalue weighted by atomic mass is 16.6. The Balaban J connectivity index is 4.79. The predicted molar refractivity (Wildman–Crippen MR) is 53.8 cm³/mol. The minimum Gasteiger partial charge on any atom is -0.480 e. The molecule has 6 heteroatoms. The van der Waals surface area contributed by atoms with Crippen LogP contribution >= 0.6 is 0 Å². The van der Waals surface area contributed by atoms with Crippen LogP contribution in [0.1, 0.15) is 33.6 Å². The van der Waals surface area contributed by atoms with Crippen molar-refractivity contribution in [2.24, 2.45) is 5.92 Å². The number of rotatable bonds is 6. The van der Waals surface area contributed by atoms with E-state index >= 15 is 0 Å². The fourth-order valence-electron chi connectivity index (χ4n) is 1.00. The van der Waals surface area contributed by atoms with Gasteiger partial charge in [0, 0.05) is 0 Å². The SMILES string of the molecule is CCC(C)(CC)OC(=O)C(C(=O)O)C(=O)O. The van der Waals surface area contributed by atoms with E-state index in [1.54, 1.807) is 20.8 Å². The van der Waals surface area contributed by atoms with Crippen molar-refractivity contribution >= 4 is 17.9 Å². The lowest BCUT2D eigenvalue weighted by Gasteiger charge is -2.27. The number of hydrogen-bond donors (Lipinski definition) is 2. The van der Waals surface area contributed by atoms with Crippen LogP contribution in [-0.2, 0) is 19.1 Å². The smallest absolute Gasteiger partial charge is 0.332 e. The van der Waals surface area contributed by atoms with Crippen LogP contribution in [0.2, 0.25) is 0 Å². The molecule has 0 saturated carbocycles. The summed E-state index contributed by atoms with van der Waals surface area (Å²) in [6, 6.07) is 0. The van der Waals surface area contributed by atoms with Crippen molar-refractivity contribution in [3.8, 4) is 0 Å². The minimum absolute atomic E-state index is 0.487. The summed E-state index contributed by atoms with van der Waals surface area (Å²) < 4.78 is 4.92. The van der Waals surface area contributed by atoms with Crippen LogP contribution in [0.4, 0.5) is 0 Å². The number of carboxylic acid groups (broad SMARTS) is 2.